The van der Waals surface area contributed by atoms with Crippen LogP contribution in [-0.4, -0.2) is 34.1 Å². The lowest BCUT2D eigenvalue weighted by molar-refractivity contribution is -0.137. The lowest BCUT2D eigenvalue weighted by atomic mass is 10.1. The van der Waals surface area contributed by atoms with E-state index in [1.165, 1.54) is 6.92 Å². The zero-order valence-corrected chi connectivity index (χ0v) is 13.2. The Morgan fingerprint density at radius 3 is 2.57 bits per heavy atom. The minimum Gasteiger partial charge on any atom is -0.411 e. The molecular formula is C14H14F3N3O2S. The number of carbonyl (C=O) groups is 1. The average molecular weight is 345 g/mol. The molecule has 1 heterocycles. The molecule has 124 valence electrons. The summed E-state index contributed by atoms with van der Waals surface area (Å²) in [5.74, 6) is -0.460. The number of hydrogen-bond donors (Lipinski definition) is 1. The zero-order chi connectivity index (χ0) is 17.0. The van der Waals surface area contributed by atoms with Crippen LogP contribution in [0.3, 0.4) is 0 Å². The number of benzene rings is 1. The van der Waals surface area contributed by atoms with Gasteiger partial charge in [-0.1, -0.05) is 29.5 Å². The van der Waals surface area contributed by atoms with Gasteiger partial charge in [0.25, 0.3) is 5.22 Å². The fourth-order valence-electron chi connectivity index (χ4n) is 1.61. The van der Waals surface area contributed by atoms with Gasteiger partial charge in [0.1, 0.15) is 6.54 Å². The van der Waals surface area contributed by atoms with Crippen LogP contribution in [0.1, 0.15) is 12.5 Å². The van der Waals surface area contributed by atoms with E-state index in [0.717, 1.165) is 22.9 Å². The second-order valence-electron chi connectivity index (χ2n) is 4.83. The second kappa shape index (κ2) is 7.03. The number of thioether (sulfide) groups is 1. The summed E-state index contributed by atoms with van der Waals surface area (Å²) < 4.78 is 41.6. The van der Waals surface area contributed by atoms with E-state index in [4.69, 9.17) is 4.42 Å². The van der Waals surface area contributed by atoms with Crippen LogP contribution in [0, 0.1) is 6.92 Å². The van der Waals surface area contributed by atoms with Crippen LogP contribution in [0.2, 0.25) is 0 Å². The van der Waals surface area contributed by atoms with Crippen molar-refractivity contribution in [3.05, 3.63) is 29.8 Å². The summed E-state index contributed by atoms with van der Waals surface area (Å²) in [5.41, 5.74) is 1.81. The fraction of sp³-hybridized carbons (Fsp3) is 0.357. The molecule has 0 saturated heterocycles. The van der Waals surface area contributed by atoms with Gasteiger partial charge in [0.2, 0.25) is 11.8 Å². The number of amides is 1. The maximum atomic E-state index is 12.1. The fourth-order valence-corrected chi connectivity index (χ4v) is 2.31. The number of aryl methyl sites for hydroxylation is 1. The third-order valence-corrected chi connectivity index (χ3v) is 3.75. The number of hydrogen-bond acceptors (Lipinski definition) is 5. The first-order valence-corrected chi connectivity index (χ1v) is 7.54. The first-order valence-electron chi connectivity index (χ1n) is 6.66. The molecule has 1 amide bonds. The summed E-state index contributed by atoms with van der Waals surface area (Å²) in [7, 11) is 0. The van der Waals surface area contributed by atoms with Crippen LogP contribution in [-0.2, 0) is 4.79 Å². The van der Waals surface area contributed by atoms with Crippen molar-refractivity contribution in [3.8, 4) is 11.5 Å². The summed E-state index contributed by atoms with van der Waals surface area (Å²) in [4.78, 5) is 11.6. The Hall–Kier alpha value is -2.03. The topological polar surface area (TPSA) is 68.0 Å². The molecule has 2 rings (SSSR count). The zero-order valence-electron chi connectivity index (χ0n) is 12.3. The van der Waals surface area contributed by atoms with Crippen LogP contribution in [0.5, 0.6) is 0 Å². The van der Waals surface area contributed by atoms with Gasteiger partial charge < -0.3 is 9.73 Å². The van der Waals surface area contributed by atoms with E-state index in [0.29, 0.717) is 0 Å². The molecule has 0 aliphatic carbocycles. The quantitative estimate of drug-likeness (QED) is 0.843. The first kappa shape index (κ1) is 17.3. The predicted octanol–water partition coefficient (Wildman–Crippen LogP) is 3.20. The smallest absolute Gasteiger partial charge is 0.405 e. The molecule has 1 N–H and O–H groups in total. The number of rotatable bonds is 5. The third kappa shape index (κ3) is 5.27. The summed E-state index contributed by atoms with van der Waals surface area (Å²) in [6, 6.07) is 7.41. The van der Waals surface area contributed by atoms with Crippen molar-refractivity contribution >= 4 is 17.7 Å². The van der Waals surface area contributed by atoms with Gasteiger partial charge in [-0.15, -0.1) is 10.2 Å². The van der Waals surface area contributed by atoms with Crippen molar-refractivity contribution in [1.29, 1.82) is 0 Å². The Morgan fingerprint density at radius 2 is 1.96 bits per heavy atom. The van der Waals surface area contributed by atoms with E-state index in [2.05, 4.69) is 10.2 Å². The summed E-state index contributed by atoms with van der Waals surface area (Å²) >= 11 is 0.901. The molecule has 0 saturated carbocycles. The maximum Gasteiger partial charge on any atom is 0.405 e. The van der Waals surface area contributed by atoms with E-state index in [1.54, 1.807) is 0 Å². The molecule has 0 radical (unpaired) electrons. The highest BCUT2D eigenvalue weighted by molar-refractivity contribution is 8.00. The second-order valence-corrected chi connectivity index (χ2v) is 6.12. The van der Waals surface area contributed by atoms with Crippen LogP contribution in [0.15, 0.2) is 33.9 Å². The van der Waals surface area contributed by atoms with Gasteiger partial charge in [-0.25, -0.2) is 0 Å². The van der Waals surface area contributed by atoms with E-state index in [9.17, 15) is 18.0 Å². The van der Waals surface area contributed by atoms with Crippen LogP contribution in [0.25, 0.3) is 11.5 Å². The van der Waals surface area contributed by atoms with E-state index in [1.807, 2.05) is 36.5 Å². The molecule has 2 aromatic rings. The molecule has 0 fully saturated rings. The number of aromatic nitrogens is 2. The van der Waals surface area contributed by atoms with Gasteiger partial charge in [-0.3, -0.25) is 4.79 Å². The number of alkyl halides is 3. The molecule has 0 spiro atoms. The largest absolute Gasteiger partial charge is 0.411 e. The highest BCUT2D eigenvalue weighted by atomic mass is 32.2. The molecule has 0 aliphatic rings. The molecule has 1 aromatic heterocycles. The van der Waals surface area contributed by atoms with Gasteiger partial charge >= 0.3 is 6.18 Å². The predicted molar refractivity (Wildman–Crippen MR) is 78.9 cm³/mol. The van der Waals surface area contributed by atoms with Crippen molar-refractivity contribution < 1.29 is 22.4 Å². The lowest BCUT2D eigenvalue weighted by Crippen LogP contribution is -2.37. The minimum absolute atomic E-state index is 0.121. The van der Waals surface area contributed by atoms with Crippen LogP contribution >= 0.6 is 11.8 Å². The summed E-state index contributed by atoms with van der Waals surface area (Å²) in [5, 5.41) is 8.80. The SMILES string of the molecule is Cc1ccc(-c2nnc(SC(C)C(=O)NCC(F)(F)F)o2)cc1. The molecule has 1 aromatic carbocycles. The van der Waals surface area contributed by atoms with Gasteiger partial charge in [0.15, 0.2) is 0 Å². The van der Waals surface area contributed by atoms with Crippen molar-refractivity contribution in [3.63, 3.8) is 0 Å². The summed E-state index contributed by atoms with van der Waals surface area (Å²) in [6.45, 7) is 2.04. The number of nitrogens with one attached hydrogen (secondary N) is 1. The van der Waals surface area contributed by atoms with Crippen molar-refractivity contribution in [1.82, 2.24) is 15.5 Å². The van der Waals surface area contributed by atoms with Crippen molar-refractivity contribution in [2.45, 2.75) is 30.5 Å². The van der Waals surface area contributed by atoms with Crippen molar-refractivity contribution in [2.24, 2.45) is 0 Å². The van der Waals surface area contributed by atoms with E-state index >= 15 is 0 Å². The Bertz CT molecular complexity index is 671. The Labute approximate surface area is 134 Å². The minimum atomic E-state index is -4.44. The standard InChI is InChI=1S/C14H14F3N3O2S/c1-8-3-5-10(6-4-8)12-19-20-13(22-12)23-9(2)11(21)18-7-14(15,16)17/h3-6,9H,7H2,1-2H3,(H,18,21). The van der Waals surface area contributed by atoms with E-state index < -0.39 is 23.9 Å². The summed E-state index contributed by atoms with van der Waals surface area (Å²) in [6.07, 6.45) is -4.44. The van der Waals surface area contributed by atoms with Crippen LogP contribution < -0.4 is 5.32 Å². The molecular weight excluding hydrogens is 331 g/mol. The molecule has 23 heavy (non-hydrogen) atoms. The Balaban J connectivity index is 1.95. The average Bonchev–Trinajstić information content (AvgIpc) is 2.93. The molecule has 9 heteroatoms. The number of halogens is 3. The maximum absolute atomic E-state index is 12.1. The third-order valence-electron chi connectivity index (χ3n) is 2.81. The number of nitrogens with zero attached hydrogens (tertiary/aromatic N) is 2. The van der Waals surface area contributed by atoms with Gasteiger partial charge in [0.05, 0.1) is 5.25 Å². The Kier molecular flexibility index (Phi) is 5.30. The highest BCUT2D eigenvalue weighted by Gasteiger charge is 2.29. The van der Waals surface area contributed by atoms with Gasteiger partial charge in [0, 0.05) is 5.56 Å². The van der Waals surface area contributed by atoms with Gasteiger partial charge in [-0.2, -0.15) is 13.2 Å². The normalized spacial score (nSPS) is 12.9. The molecule has 1 unspecified atom stereocenters. The van der Waals surface area contributed by atoms with Crippen molar-refractivity contribution in [2.75, 3.05) is 6.54 Å². The van der Waals surface area contributed by atoms with E-state index in [-0.39, 0.29) is 11.1 Å². The first-order chi connectivity index (χ1) is 10.7. The van der Waals surface area contributed by atoms with Crippen LogP contribution in [0.4, 0.5) is 13.2 Å². The molecule has 5 nitrogen and oxygen atoms in total. The Morgan fingerprint density at radius 1 is 1.30 bits per heavy atom. The lowest BCUT2D eigenvalue weighted by Gasteiger charge is -2.11. The molecule has 0 aliphatic heterocycles. The highest BCUT2D eigenvalue weighted by Crippen LogP contribution is 2.26. The monoisotopic (exact) mass is 345 g/mol. The van der Waals surface area contributed by atoms with Gasteiger partial charge in [-0.05, 0) is 26.0 Å². The molecule has 0 bridgehead atoms. The molecule has 1 atom stereocenters. The number of carbonyl (C=O) groups excluding carboxylic acids is 1.